The first kappa shape index (κ1) is 23.1. The highest BCUT2D eigenvalue weighted by molar-refractivity contribution is 6.29. The van der Waals surface area contributed by atoms with E-state index in [0.29, 0.717) is 22.9 Å². The number of aromatic nitrogens is 2. The van der Waals surface area contributed by atoms with E-state index in [9.17, 15) is 5.11 Å². The van der Waals surface area contributed by atoms with Gasteiger partial charge in [-0.05, 0) is 41.8 Å². The normalized spacial score (nSPS) is 26.9. The van der Waals surface area contributed by atoms with Crippen LogP contribution in [0.1, 0.15) is 30.1 Å². The summed E-state index contributed by atoms with van der Waals surface area (Å²) < 4.78 is 11.6. The molecule has 7 heteroatoms. The van der Waals surface area contributed by atoms with Crippen molar-refractivity contribution < 1.29 is 19.1 Å². The fraction of sp³-hybridized carbons (Fsp3) is 0.407. The van der Waals surface area contributed by atoms with Gasteiger partial charge in [0.2, 0.25) is 5.88 Å². The molecule has 0 aliphatic carbocycles. The summed E-state index contributed by atoms with van der Waals surface area (Å²) in [5.74, 6) is 2.24. The van der Waals surface area contributed by atoms with Crippen molar-refractivity contribution in [3.63, 3.8) is 0 Å². The molecule has 2 bridgehead atoms. The molecule has 3 aliphatic heterocycles. The maximum absolute atomic E-state index is 11.9. The number of aliphatic hydroxyl groups is 1. The molecular weight excluding hydrogens is 450 g/mol. The summed E-state index contributed by atoms with van der Waals surface area (Å²) in [4.78, 5) is 8.75. The Balaban J connectivity index is 1.57. The van der Waals surface area contributed by atoms with Crippen LogP contribution in [0.25, 0.3) is 10.9 Å². The number of hydrogen-bond acceptors (Lipinski definition) is 5. The van der Waals surface area contributed by atoms with E-state index in [1.54, 1.807) is 20.4 Å². The summed E-state index contributed by atoms with van der Waals surface area (Å²) in [6.45, 7) is 6.83. The number of ether oxygens (including phenoxy) is 2. The summed E-state index contributed by atoms with van der Waals surface area (Å²) in [5.41, 5.74) is 2.83. The van der Waals surface area contributed by atoms with Crippen molar-refractivity contribution in [1.29, 1.82) is 0 Å². The van der Waals surface area contributed by atoms with Crippen LogP contribution in [0.2, 0.25) is 5.15 Å². The average molecular weight is 481 g/mol. The van der Waals surface area contributed by atoms with Gasteiger partial charge in [0.15, 0.2) is 0 Å². The van der Waals surface area contributed by atoms with Crippen LogP contribution in [0.5, 0.6) is 11.6 Å². The number of rotatable bonds is 7. The highest BCUT2D eigenvalue weighted by Crippen LogP contribution is 2.48. The van der Waals surface area contributed by atoms with Gasteiger partial charge >= 0.3 is 0 Å². The molecule has 3 aromatic rings. The van der Waals surface area contributed by atoms with Crippen molar-refractivity contribution in [3.8, 4) is 11.6 Å². The van der Waals surface area contributed by atoms with Crippen LogP contribution in [0.4, 0.5) is 0 Å². The molecule has 2 aromatic heterocycles. The van der Waals surface area contributed by atoms with Crippen molar-refractivity contribution in [1.82, 2.24) is 9.97 Å². The van der Waals surface area contributed by atoms with Gasteiger partial charge in [-0.3, -0.25) is 4.98 Å². The summed E-state index contributed by atoms with van der Waals surface area (Å²) >= 11 is 6.31. The van der Waals surface area contributed by atoms with Crippen molar-refractivity contribution in [2.45, 2.75) is 31.5 Å². The Morgan fingerprint density at radius 2 is 2.09 bits per heavy atom. The van der Waals surface area contributed by atoms with Gasteiger partial charge in [0, 0.05) is 42.0 Å². The number of quaternary nitrogens is 1. The minimum Gasteiger partial charge on any atom is -0.497 e. The number of nitrogens with zero attached hydrogens (tertiary/aromatic N) is 3. The Bertz CT molecular complexity index is 1220. The zero-order valence-corrected chi connectivity index (χ0v) is 20.4. The number of piperidine rings is 3. The van der Waals surface area contributed by atoms with Gasteiger partial charge in [-0.1, -0.05) is 17.7 Å². The summed E-state index contributed by atoms with van der Waals surface area (Å²) in [5, 5.41) is 13.3. The predicted octanol–water partition coefficient (Wildman–Crippen LogP) is 4.95. The molecule has 3 saturated heterocycles. The molecule has 3 fully saturated rings. The number of halogens is 1. The molecule has 6 nitrogen and oxygen atoms in total. The first-order chi connectivity index (χ1) is 16.5. The minimum atomic E-state index is -0.634. The van der Waals surface area contributed by atoms with Gasteiger partial charge in [-0.15, -0.1) is 6.58 Å². The highest BCUT2D eigenvalue weighted by Gasteiger charge is 2.54. The van der Waals surface area contributed by atoms with Crippen molar-refractivity contribution in [2.24, 2.45) is 11.8 Å². The van der Waals surface area contributed by atoms with E-state index >= 15 is 0 Å². The molecule has 178 valence electrons. The Labute approximate surface area is 205 Å². The molecule has 1 aromatic carbocycles. The number of aliphatic hydroxyl groups excluding tert-OH is 1. The van der Waals surface area contributed by atoms with E-state index in [1.807, 2.05) is 36.4 Å². The number of methoxy groups -OCH3 is 2. The topological polar surface area (TPSA) is 64.5 Å². The number of hydrogen-bond donors (Lipinski definition) is 1. The van der Waals surface area contributed by atoms with E-state index in [1.165, 1.54) is 0 Å². The Kier molecular flexibility index (Phi) is 6.23. The van der Waals surface area contributed by atoms with E-state index in [4.69, 9.17) is 21.1 Å². The maximum Gasteiger partial charge on any atom is 0.214 e. The van der Waals surface area contributed by atoms with Gasteiger partial charge in [0.1, 0.15) is 29.6 Å². The molecule has 0 spiro atoms. The van der Waals surface area contributed by atoms with Crippen LogP contribution >= 0.6 is 11.6 Å². The second kappa shape index (κ2) is 9.17. The fourth-order valence-corrected chi connectivity index (χ4v) is 6.43. The minimum absolute atomic E-state index is 0.0460. The summed E-state index contributed by atoms with van der Waals surface area (Å²) in [7, 11) is 3.26. The van der Waals surface area contributed by atoms with Crippen molar-refractivity contribution >= 4 is 22.5 Å². The van der Waals surface area contributed by atoms with Gasteiger partial charge in [0.05, 0.1) is 32.8 Å². The third-order valence-corrected chi connectivity index (χ3v) is 8.07. The number of benzene rings is 1. The molecule has 1 N–H and O–H groups in total. The quantitative estimate of drug-likeness (QED) is 0.294. The van der Waals surface area contributed by atoms with E-state index in [2.05, 4.69) is 22.6 Å². The van der Waals surface area contributed by atoms with Crippen LogP contribution in [0, 0.1) is 11.8 Å². The van der Waals surface area contributed by atoms with Gasteiger partial charge in [-0.25, -0.2) is 4.98 Å². The Hall–Kier alpha value is -2.67. The molecule has 5 atom stereocenters. The predicted molar refractivity (Wildman–Crippen MR) is 133 cm³/mol. The first-order valence-electron chi connectivity index (χ1n) is 11.8. The maximum atomic E-state index is 11.9. The van der Waals surface area contributed by atoms with Crippen LogP contribution in [0.15, 0.2) is 55.3 Å². The lowest BCUT2D eigenvalue weighted by atomic mass is 9.71. The molecular formula is C27H31ClN3O3+. The van der Waals surface area contributed by atoms with Crippen molar-refractivity contribution in [2.75, 3.05) is 27.3 Å². The Morgan fingerprint density at radius 3 is 2.85 bits per heavy atom. The number of fused-ring (bicyclic) bond motifs is 4. The van der Waals surface area contributed by atoms with Crippen molar-refractivity contribution in [3.05, 3.63) is 71.5 Å². The van der Waals surface area contributed by atoms with E-state index < -0.39 is 6.10 Å². The van der Waals surface area contributed by atoms with Crippen LogP contribution in [-0.4, -0.2) is 52.9 Å². The zero-order valence-electron chi connectivity index (χ0n) is 19.7. The zero-order chi connectivity index (χ0) is 23.9. The molecule has 34 heavy (non-hydrogen) atoms. The first-order valence-corrected chi connectivity index (χ1v) is 12.1. The number of pyridine rings is 2. The van der Waals surface area contributed by atoms with E-state index in [0.717, 1.165) is 64.7 Å². The Morgan fingerprint density at radius 1 is 1.24 bits per heavy atom. The molecule has 0 saturated carbocycles. The average Bonchev–Trinajstić information content (AvgIpc) is 2.87. The molecule has 0 radical (unpaired) electrons. The lowest BCUT2D eigenvalue weighted by Crippen LogP contribution is -2.67. The van der Waals surface area contributed by atoms with Gasteiger partial charge < -0.3 is 19.1 Å². The SMILES string of the molecule is C=C[C@H]1C[N+]2(Cc3cc(Cl)nc(OC)c3)CC[C@H]1C[C@H]2C(O)c1ccnc2ccc(OC)cc12. The standard InChI is InChI=1S/C27H31ClN3O3/c1-4-18-16-31(15-17-11-25(28)30-26(12-17)34-3)10-8-19(18)13-24(31)27(32)21-7-9-29-23-6-5-20(33-2)14-22(21)23/h4-7,9,11-12,14,18-19,24,27,32H,1,8,10,13,15-16H2,2-3H3/q+1/t18-,19-,24-,27?,31?/m0/s1. The summed E-state index contributed by atoms with van der Waals surface area (Å²) in [6, 6.07) is 11.7. The smallest absolute Gasteiger partial charge is 0.214 e. The largest absolute Gasteiger partial charge is 0.497 e. The molecule has 3 aliphatic rings. The van der Waals surface area contributed by atoms with Crippen LogP contribution < -0.4 is 9.47 Å². The van der Waals surface area contributed by atoms with E-state index in [-0.39, 0.29) is 6.04 Å². The highest BCUT2D eigenvalue weighted by atomic mass is 35.5. The van der Waals surface area contributed by atoms with Crippen LogP contribution in [-0.2, 0) is 6.54 Å². The lowest BCUT2D eigenvalue weighted by Gasteiger charge is -2.58. The molecule has 5 heterocycles. The third kappa shape index (κ3) is 4.04. The van der Waals surface area contributed by atoms with Gasteiger partial charge in [0.25, 0.3) is 0 Å². The van der Waals surface area contributed by atoms with Gasteiger partial charge in [-0.2, -0.15) is 0 Å². The molecule has 2 unspecified atom stereocenters. The molecule has 0 amide bonds. The second-order valence-corrected chi connectivity index (χ2v) is 9.99. The third-order valence-electron chi connectivity index (χ3n) is 7.88. The second-order valence-electron chi connectivity index (χ2n) is 9.60. The summed E-state index contributed by atoms with van der Waals surface area (Å²) in [6.07, 6.45) is 5.33. The fourth-order valence-electron chi connectivity index (χ4n) is 6.20. The van der Waals surface area contributed by atoms with Crippen LogP contribution in [0.3, 0.4) is 0 Å². The molecule has 6 rings (SSSR count). The lowest BCUT2D eigenvalue weighted by molar-refractivity contribution is -0.984. The monoisotopic (exact) mass is 480 g/mol.